The fourth-order valence-corrected chi connectivity index (χ4v) is 1.98. The molecular weight excluding hydrogens is 218 g/mol. The lowest BCUT2D eigenvalue weighted by Crippen LogP contribution is -2.35. The van der Waals surface area contributed by atoms with E-state index in [1.54, 1.807) is 7.11 Å². The minimum Gasteiger partial charge on any atom is -0.382 e. The SMILES string of the molecule is CCCNCC(COC)OCC1CCOCC1. The van der Waals surface area contributed by atoms with E-state index in [4.69, 9.17) is 14.2 Å². The van der Waals surface area contributed by atoms with E-state index in [0.717, 1.165) is 52.2 Å². The Morgan fingerprint density at radius 1 is 1.35 bits per heavy atom. The first-order valence-electron chi connectivity index (χ1n) is 6.75. The molecule has 0 saturated carbocycles. The molecule has 1 fully saturated rings. The van der Waals surface area contributed by atoms with Gasteiger partial charge in [-0.2, -0.15) is 0 Å². The Balaban J connectivity index is 2.13. The molecule has 1 unspecified atom stereocenters. The van der Waals surface area contributed by atoms with Crippen LogP contribution in [0.4, 0.5) is 0 Å². The Morgan fingerprint density at radius 2 is 2.12 bits per heavy atom. The summed E-state index contributed by atoms with van der Waals surface area (Å²) >= 11 is 0. The number of ether oxygens (including phenoxy) is 3. The molecule has 0 aromatic heterocycles. The van der Waals surface area contributed by atoms with Crippen LogP contribution in [0.1, 0.15) is 26.2 Å². The van der Waals surface area contributed by atoms with Crippen LogP contribution in [0.25, 0.3) is 0 Å². The standard InChI is InChI=1S/C13H27NO3/c1-3-6-14-9-13(11-15-2)17-10-12-4-7-16-8-5-12/h12-14H,3-11H2,1-2H3. The van der Waals surface area contributed by atoms with Crippen molar-refractivity contribution in [2.45, 2.75) is 32.3 Å². The van der Waals surface area contributed by atoms with Gasteiger partial charge in [0.1, 0.15) is 0 Å². The first-order chi connectivity index (χ1) is 8.36. The molecule has 0 aromatic rings. The highest BCUT2D eigenvalue weighted by atomic mass is 16.5. The summed E-state index contributed by atoms with van der Waals surface area (Å²) < 4.78 is 16.5. The summed E-state index contributed by atoms with van der Waals surface area (Å²) in [5, 5.41) is 3.38. The molecule has 102 valence electrons. The van der Waals surface area contributed by atoms with Crippen LogP contribution in [-0.4, -0.2) is 52.7 Å². The zero-order valence-electron chi connectivity index (χ0n) is 11.2. The largest absolute Gasteiger partial charge is 0.382 e. The molecule has 0 spiro atoms. The molecule has 1 aliphatic rings. The molecule has 0 amide bonds. The van der Waals surface area contributed by atoms with E-state index in [2.05, 4.69) is 12.2 Å². The van der Waals surface area contributed by atoms with Gasteiger partial charge in [0, 0.05) is 26.9 Å². The van der Waals surface area contributed by atoms with Gasteiger partial charge < -0.3 is 19.5 Å². The highest BCUT2D eigenvalue weighted by Crippen LogP contribution is 2.15. The third-order valence-electron chi connectivity index (χ3n) is 3.06. The summed E-state index contributed by atoms with van der Waals surface area (Å²) in [6, 6.07) is 0. The van der Waals surface area contributed by atoms with Gasteiger partial charge in [0.25, 0.3) is 0 Å². The van der Waals surface area contributed by atoms with Crippen LogP contribution in [0.15, 0.2) is 0 Å². The van der Waals surface area contributed by atoms with E-state index in [9.17, 15) is 0 Å². The summed E-state index contributed by atoms with van der Waals surface area (Å²) in [4.78, 5) is 0. The second kappa shape index (κ2) is 9.83. The van der Waals surface area contributed by atoms with Crippen molar-refractivity contribution in [1.82, 2.24) is 5.32 Å². The smallest absolute Gasteiger partial charge is 0.0932 e. The third kappa shape index (κ3) is 6.99. The van der Waals surface area contributed by atoms with Crippen molar-refractivity contribution in [2.75, 3.05) is 46.6 Å². The summed E-state index contributed by atoms with van der Waals surface area (Å²) in [5.41, 5.74) is 0. The van der Waals surface area contributed by atoms with Crippen molar-refractivity contribution < 1.29 is 14.2 Å². The molecule has 0 bridgehead atoms. The zero-order valence-corrected chi connectivity index (χ0v) is 11.2. The summed E-state index contributed by atoms with van der Waals surface area (Å²) in [5.74, 6) is 0.661. The zero-order chi connectivity index (χ0) is 12.3. The molecular formula is C13H27NO3. The molecule has 1 heterocycles. The summed E-state index contributed by atoms with van der Waals surface area (Å²) in [6.07, 6.45) is 3.58. The predicted molar refractivity (Wildman–Crippen MR) is 68.3 cm³/mol. The predicted octanol–water partition coefficient (Wildman–Crippen LogP) is 1.44. The molecule has 1 atom stereocenters. The van der Waals surface area contributed by atoms with Crippen LogP contribution in [0.3, 0.4) is 0 Å². The van der Waals surface area contributed by atoms with Gasteiger partial charge in [0.05, 0.1) is 19.3 Å². The molecule has 1 saturated heterocycles. The lowest BCUT2D eigenvalue weighted by molar-refractivity contribution is -0.0367. The Bertz CT molecular complexity index is 172. The van der Waals surface area contributed by atoms with Gasteiger partial charge in [0.2, 0.25) is 0 Å². The van der Waals surface area contributed by atoms with Gasteiger partial charge in [-0.25, -0.2) is 0 Å². The van der Waals surface area contributed by atoms with E-state index in [-0.39, 0.29) is 6.10 Å². The molecule has 0 aromatic carbocycles. The van der Waals surface area contributed by atoms with Gasteiger partial charge in [-0.15, -0.1) is 0 Å². The second-order valence-electron chi connectivity index (χ2n) is 4.67. The van der Waals surface area contributed by atoms with Crippen LogP contribution < -0.4 is 5.32 Å². The molecule has 4 nitrogen and oxygen atoms in total. The fraction of sp³-hybridized carbons (Fsp3) is 1.00. The maximum Gasteiger partial charge on any atom is 0.0932 e. The van der Waals surface area contributed by atoms with Crippen molar-refractivity contribution in [3.8, 4) is 0 Å². The first-order valence-corrected chi connectivity index (χ1v) is 6.75. The molecule has 4 heteroatoms. The maximum absolute atomic E-state index is 5.93. The van der Waals surface area contributed by atoms with Crippen LogP contribution in [0, 0.1) is 5.92 Å². The Kier molecular flexibility index (Phi) is 8.61. The molecule has 17 heavy (non-hydrogen) atoms. The lowest BCUT2D eigenvalue weighted by Gasteiger charge is -2.25. The van der Waals surface area contributed by atoms with Crippen LogP contribution >= 0.6 is 0 Å². The number of nitrogens with one attached hydrogen (secondary N) is 1. The topological polar surface area (TPSA) is 39.7 Å². The van der Waals surface area contributed by atoms with Crippen molar-refractivity contribution in [3.63, 3.8) is 0 Å². The van der Waals surface area contributed by atoms with E-state index >= 15 is 0 Å². The van der Waals surface area contributed by atoms with Crippen LogP contribution in [0.2, 0.25) is 0 Å². The van der Waals surface area contributed by atoms with Crippen molar-refractivity contribution in [2.24, 2.45) is 5.92 Å². The number of rotatable bonds is 9. The average molecular weight is 245 g/mol. The van der Waals surface area contributed by atoms with Crippen molar-refractivity contribution >= 4 is 0 Å². The number of methoxy groups -OCH3 is 1. The molecule has 1 aliphatic heterocycles. The van der Waals surface area contributed by atoms with E-state index in [0.29, 0.717) is 12.5 Å². The lowest BCUT2D eigenvalue weighted by atomic mass is 10.0. The highest BCUT2D eigenvalue weighted by Gasteiger charge is 2.16. The monoisotopic (exact) mass is 245 g/mol. The Labute approximate surface area is 105 Å². The van der Waals surface area contributed by atoms with Gasteiger partial charge in [-0.1, -0.05) is 6.92 Å². The van der Waals surface area contributed by atoms with Gasteiger partial charge >= 0.3 is 0 Å². The Morgan fingerprint density at radius 3 is 2.76 bits per heavy atom. The van der Waals surface area contributed by atoms with Crippen molar-refractivity contribution in [3.05, 3.63) is 0 Å². The van der Waals surface area contributed by atoms with Crippen LogP contribution in [0.5, 0.6) is 0 Å². The Hall–Kier alpha value is -0.160. The van der Waals surface area contributed by atoms with Crippen LogP contribution in [-0.2, 0) is 14.2 Å². The molecule has 1 rings (SSSR count). The van der Waals surface area contributed by atoms with E-state index in [1.165, 1.54) is 0 Å². The minimum atomic E-state index is 0.175. The van der Waals surface area contributed by atoms with E-state index in [1.807, 2.05) is 0 Å². The number of hydrogen-bond donors (Lipinski definition) is 1. The third-order valence-corrected chi connectivity index (χ3v) is 3.06. The number of hydrogen-bond acceptors (Lipinski definition) is 4. The summed E-state index contributed by atoms with van der Waals surface area (Å²) in [6.45, 7) is 7.37. The van der Waals surface area contributed by atoms with Crippen molar-refractivity contribution in [1.29, 1.82) is 0 Å². The maximum atomic E-state index is 5.93. The normalized spacial score (nSPS) is 19.4. The van der Waals surface area contributed by atoms with E-state index < -0.39 is 0 Å². The molecule has 1 N–H and O–H groups in total. The first kappa shape index (κ1) is 14.9. The minimum absolute atomic E-state index is 0.175. The second-order valence-corrected chi connectivity index (χ2v) is 4.67. The molecule has 0 aliphatic carbocycles. The summed E-state index contributed by atoms with van der Waals surface area (Å²) in [7, 11) is 1.73. The fourth-order valence-electron chi connectivity index (χ4n) is 1.98. The average Bonchev–Trinajstić information content (AvgIpc) is 2.37. The quantitative estimate of drug-likeness (QED) is 0.624. The van der Waals surface area contributed by atoms with Gasteiger partial charge in [-0.3, -0.25) is 0 Å². The molecule has 0 radical (unpaired) electrons. The van der Waals surface area contributed by atoms with Gasteiger partial charge in [-0.05, 0) is 31.7 Å². The highest BCUT2D eigenvalue weighted by molar-refractivity contribution is 4.66. The van der Waals surface area contributed by atoms with Gasteiger partial charge in [0.15, 0.2) is 0 Å².